The average molecular weight is 408 g/mol. The SMILES string of the molecule is O=C(Cn1cnc2sc3c(c2c1=O)CCCC3)Nc1cc(Cl)ccc1Cl. The number of thiophene rings is 1. The fourth-order valence-corrected chi connectivity index (χ4v) is 4.79. The number of nitrogens with zero attached hydrogens (tertiary/aromatic N) is 2. The van der Waals surface area contributed by atoms with E-state index in [-0.39, 0.29) is 18.0 Å². The molecule has 0 spiro atoms. The van der Waals surface area contributed by atoms with E-state index < -0.39 is 0 Å². The molecule has 0 radical (unpaired) electrons. The van der Waals surface area contributed by atoms with Gasteiger partial charge in [0.05, 0.1) is 22.4 Å². The first-order valence-electron chi connectivity index (χ1n) is 8.27. The molecule has 1 aliphatic carbocycles. The van der Waals surface area contributed by atoms with E-state index in [4.69, 9.17) is 23.2 Å². The van der Waals surface area contributed by atoms with E-state index in [1.807, 2.05) is 0 Å². The molecule has 1 N–H and O–H groups in total. The summed E-state index contributed by atoms with van der Waals surface area (Å²) in [5, 5.41) is 4.21. The minimum atomic E-state index is -0.360. The van der Waals surface area contributed by atoms with Gasteiger partial charge in [-0.25, -0.2) is 4.98 Å². The molecule has 5 nitrogen and oxygen atoms in total. The molecule has 0 aliphatic heterocycles. The lowest BCUT2D eigenvalue weighted by molar-refractivity contribution is -0.116. The molecule has 2 aromatic heterocycles. The number of benzene rings is 1. The van der Waals surface area contributed by atoms with E-state index in [9.17, 15) is 9.59 Å². The number of rotatable bonds is 3. The van der Waals surface area contributed by atoms with Gasteiger partial charge in [-0.3, -0.25) is 14.2 Å². The van der Waals surface area contributed by atoms with Crippen molar-refractivity contribution in [3.63, 3.8) is 0 Å². The van der Waals surface area contributed by atoms with Gasteiger partial charge < -0.3 is 5.32 Å². The Hall–Kier alpha value is -1.89. The molecule has 0 fully saturated rings. The van der Waals surface area contributed by atoms with E-state index in [0.29, 0.717) is 21.1 Å². The number of aryl methyl sites for hydroxylation is 2. The van der Waals surface area contributed by atoms with Crippen LogP contribution in [0.2, 0.25) is 10.0 Å². The molecular formula is C18H15Cl2N3O2S. The van der Waals surface area contributed by atoms with Crippen molar-refractivity contribution in [2.75, 3.05) is 5.32 Å². The second-order valence-corrected chi connectivity index (χ2v) is 8.17. The molecule has 2 heterocycles. The van der Waals surface area contributed by atoms with Gasteiger partial charge >= 0.3 is 0 Å². The van der Waals surface area contributed by atoms with Crippen LogP contribution >= 0.6 is 34.5 Å². The number of hydrogen-bond acceptors (Lipinski definition) is 4. The number of anilines is 1. The van der Waals surface area contributed by atoms with Gasteiger partial charge in [-0.15, -0.1) is 11.3 Å². The molecule has 1 aliphatic rings. The first kappa shape index (κ1) is 17.5. The van der Waals surface area contributed by atoms with Gasteiger partial charge in [0.1, 0.15) is 11.4 Å². The molecule has 0 bridgehead atoms. The van der Waals surface area contributed by atoms with Crippen LogP contribution < -0.4 is 10.9 Å². The zero-order valence-electron chi connectivity index (χ0n) is 13.7. The van der Waals surface area contributed by atoms with Crippen molar-refractivity contribution in [2.45, 2.75) is 32.2 Å². The van der Waals surface area contributed by atoms with E-state index in [0.717, 1.165) is 36.1 Å². The highest BCUT2D eigenvalue weighted by molar-refractivity contribution is 7.18. The third kappa shape index (κ3) is 3.24. The van der Waals surface area contributed by atoms with Crippen LogP contribution in [0.1, 0.15) is 23.3 Å². The molecular weight excluding hydrogens is 393 g/mol. The van der Waals surface area contributed by atoms with Crippen molar-refractivity contribution in [3.05, 3.63) is 55.4 Å². The summed E-state index contributed by atoms with van der Waals surface area (Å²) >= 11 is 13.6. The molecule has 134 valence electrons. The quantitative estimate of drug-likeness (QED) is 0.704. The second-order valence-electron chi connectivity index (χ2n) is 6.24. The van der Waals surface area contributed by atoms with Crippen LogP contribution in [-0.4, -0.2) is 15.5 Å². The maximum atomic E-state index is 12.9. The van der Waals surface area contributed by atoms with Crippen molar-refractivity contribution in [1.82, 2.24) is 9.55 Å². The fourth-order valence-electron chi connectivity index (χ4n) is 3.23. The van der Waals surface area contributed by atoms with Gasteiger partial charge in [-0.2, -0.15) is 0 Å². The van der Waals surface area contributed by atoms with Crippen LogP contribution in [0.3, 0.4) is 0 Å². The molecule has 1 aromatic carbocycles. The van der Waals surface area contributed by atoms with Crippen LogP contribution in [0, 0.1) is 0 Å². The fraction of sp³-hybridized carbons (Fsp3) is 0.278. The zero-order valence-corrected chi connectivity index (χ0v) is 16.0. The molecule has 0 atom stereocenters. The molecule has 3 aromatic rings. The summed E-state index contributed by atoms with van der Waals surface area (Å²) in [7, 11) is 0. The minimum Gasteiger partial charge on any atom is -0.323 e. The maximum absolute atomic E-state index is 12.9. The lowest BCUT2D eigenvalue weighted by Crippen LogP contribution is -2.28. The third-order valence-corrected chi connectivity index (χ3v) is 6.22. The molecule has 26 heavy (non-hydrogen) atoms. The van der Waals surface area contributed by atoms with E-state index >= 15 is 0 Å². The Morgan fingerprint density at radius 2 is 2.08 bits per heavy atom. The van der Waals surface area contributed by atoms with Crippen molar-refractivity contribution >= 4 is 56.3 Å². The lowest BCUT2D eigenvalue weighted by atomic mass is 9.97. The van der Waals surface area contributed by atoms with Crippen LogP contribution in [0.4, 0.5) is 5.69 Å². The van der Waals surface area contributed by atoms with Crippen molar-refractivity contribution in [2.24, 2.45) is 0 Å². The number of carbonyl (C=O) groups excluding carboxylic acids is 1. The summed E-state index contributed by atoms with van der Waals surface area (Å²) in [6.07, 6.45) is 5.58. The first-order valence-corrected chi connectivity index (χ1v) is 9.85. The number of aromatic nitrogens is 2. The summed E-state index contributed by atoms with van der Waals surface area (Å²) in [4.78, 5) is 31.6. The van der Waals surface area contributed by atoms with Gasteiger partial charge in [0.25, 0.3) is 5.56 Å². The Bertz CT molecular complexity index is 1070. The van der Waals surface area contributed by atoms with Crippen LogP contribution in [0.5, 0.6) is 0 Å². The summed E-state index contributed by atoms with van der Waals surface area (Å²) in [5.41, 5.74) is 1.36. The summed E-state index contributed by atoms with van der Waals surface area (Å²) in [6.45, 7) is -0.130. The highest BCUT2D eigenvalue weighted by Crippen LogP contribution is 2.33. The normalized spacial score (nSPS) is 13.6. The van der Waals surface area contributed by atoms with E-state index in [2.05, 4.69) is 10.3 Å². The molecule has 0 saturated carbocycles. The van der Waals surface area contributed by atoms with Crippen molar-refractivity contribution < 1.29 is 4.79 Å². The lowest BCUT2D eigenvalue weighted by Gasteiger charge is -2.11. The minimum absolute atomic E-state index is 0.130. The molecule has 8 heteroatoms. The molecule has 0 unspecified atom stereocenters. The van der Waals surface area contributed by atoms with Gasteiger partial charge in [0.15, 0.2) is 0 Å². The van der Waals surface area contributed by atoms with Crippen LogP contribution in [0.15, 0.2) is 29.3 Å². The highest BCUT2D eigenvalue weighted by atomic mass is 35.5. The smallest absolute Gasteiger partial charge is 0.262 e. The number of nitrogens with one attached hydrogen (secondary N) is 1. The standard InChI is InChI=1S/C18H15Cl2N3O2S/c19-10-5-6-12(20)13(7-10)22-15(24)8-23-9-21-17-16(18(23)25)11-3-1-2-4-14(11)26-17/h5-7,9H,1-4,8H2,(H,22,24). The van der Waals surface area contributed by atoms with Crippen LogP contribution in [0.25, 0.3) is 10.2 Å². The molecule has 0 saturated heterocycles. The number of hydrogen-bond donors (Lipinski definition) is 1. The molecule has 4 rings (SSSR count). The Kier molecular flexibility index (Phi) is 4.73. The number of carbonyl (C=O) groups is 1. The summed E-state index contributed by atoms with van der Waals surface area (Å²) in [5.74, 6) is -0.360. The second kappa shape index (κ2) is 7.02. The Morgan fingerprint density at radius 1 is 1.27 bits per heavy atom. The van der Waals surface area contributed by atoms with E-state index in [1.54, 1.807) is 29.5 Å². The Balaban J connectivity index is 1.63. The number of amides is 1. The zero-order chi connectivity index (χ0) is 18.3. The maximum Gasteiger partial charge on any atom is 0.262 e. The largest absolute Gasteiger partial charge is 0.323 e. The van der Waals surface area contributed by atoms with Gasteiger partial charge in [-0.1, -0.05) is 23.2 Å². The first-order chi connectivity index (χ1) is 12.5. The van der Waals surface area contributed by atoms with Gasteiger partial charge in [0, 0.05) is 9.90 Å². The Labute approximate surface area is 163 Å². The topological polar surface area (TPSA) is 64.0 Å². The van der Waals surface area contributed by atoms with Gasteiger partial charge in [-0.05, 0) is 49.4 Å². The van der Waals surface area contributed by atoms with E-state index in [1.165, 1.54) is 15.8 Å². The predicted octanol–water partition coefficient (Wildman–Crippen LogP) is 4.28. The molecule has 1 amide bonds. The Morgan fingerprint density at radius 3 is 2.92 bits per heavy atom. The van der Waals surface area contributed by atoms with Crippen LogP contribution in [-0.2, 0) is 24.2 Å². The highest BCUT2D eigenvalue weighted by Gasteiger charge is 2.20. The van der Waals surface area contributed by atoms with Crippen molar-refractivity contribution in [3.8, 4) is 0 Å². The predicted molar refractivity (Wildman–Crippen MR) is 106 cm³/mol. The third-order valence-electron chi connectivity index (χ3n) is 4.46. The van der Waals surface area contributed by atoms with Crippen molar-refractivity contribution in [1.29, 1.82) is 0 Å². The van der Waals surface area contributed by atoms with Gasteiger partial charge in [0.2, 0.25) is 5.91 Å². The average Bonchev–Trinajstić information content (AvgIpc) is 3.00. The monoisotopic (exact) mass is 407 g/mol. The summed E-state index contributed by atoms with van der Waals surface area (Å²) in [6, 6.07) is 4.82. The number of fused-ring (bicyclic) bond motifs is 3. The summed E-state index contributed by atoms with van der Waals surface area (Å²) < 4.78 is 1.34. The number of halogens is 2.